The standard InChI is InChI=1S/C13H17NO4S/c15-10-11-18-12-4-6-13(7-5-12)19(16,17)14-8-2-1-3-9-14/h1-2,4-7,15H,3,8-11H2. The van der Waals surface area contributed by atoms with Crippen molar-refractivity contribution >= 4 is 10.0 Å². The number of ether oxygens (including phenoxy) is 1. The van der Waals surface area contributed by atoms with Crippen LogP contribution in [0.3, 0.4) is 0 Å². The predicted molar refractivity (Wildman–Crippen MR) is 71.5 cm³/mol. The maximum atomic E-state index is 12.3. The average Bonchev–Trinajstić information content (AvgIpc) is 2.46. The first-order valence-corrected chi connectivity index (χ1v) is 7.57. The Morgan fingerprint density at radius 1 is 1.21 bits per heavy atom. The molecule has 0 amide bonds. The monoisotopic (exact) mass is 283 g/mol. The summed E-state index contributed by atoms with van der Waals surface area (Å²) in [7, 11) is -3.42. The van der Waals surface area contributed by atoms with E-state index >= 15 is 0 Å². The lowest BCUT2D eigenvalue weighted by Crippen LogP contribution is -2.33. The molecular weight excluding hydrogens is 266 g/mol. The summed E-state index contributed by atoms with van der Waals surface area (Å²) < 4.78 is 31.3. The second-order valence-electron chi connectivity index (χ2n) is 4.17. The zero-order chi connectivity index (χ0) is 13.7. The molecule has 19 heavy (non-hydrogen) atoms. The summed E-state index contributed by atoms with van der Waals surface area (Å²) in [6.07, 6.45) is 4.59. The lowest BCUT2D eigenvalue weighted by atomic mass is 10.3. The van der Waals surface area contributed by atoms with Gasteiger partial charge in [-0.2, -0.15) is 4.31 Å². The van der Waals surface area contributed by atoms with Crippen molar-refractivity contribution in [1.82, 2.24) is 4.31 Å². The van der Waals surface area contributed by atoms with E-state index in [1.165, 1.54) is 16.4 Å². The van der Waals surface area contributed by atoms with Crippen LogP contribution in [0.25, 0.3) is 0 Å². The maximum absolute atomic E-state index is 12.3. The van der Waals surface area contributed by atoms with Crippen LogP contribution in [-0.2, 0) is 10.0 Å². The maximum Gasteiger partial charge on any atom is 0.243 e. The van der Waals surface area contributed by atoms with Crippen molar-refractivity contribution in [2.45, 2.75) is 11.3 Å². The molecule has 1 N–H and O–H groups in total. The predicted octanol–water partition coefficient (Wildman–Crippen LogP) is 1.01. The van der Waals surface area contributed by atoms with Crippen LogP contribution in [0.4, 0.5) is 0 Å². The van der Waals surface area contributed by atoms with Crippen molar-refractivity contribution in [1.29, 1.82) is 0 Å². The molecule has 0 fully saturated rings. The Balaban J connectivity index is 2.14. The van der Waals surface area contributed by atoms with E-state index in [0.29, 0.717) is 18.8 Å². The fourth-order valence-corrected chi connectivity index (χ4v) is 3.26. The van der Waals surface area contributed by atoms with Crippen LogP contribution in [0, 0.1) is 0 Å². The van der Waals surface area contributed by atoms with Gasteiger partial charge in [-0.3, -0.25) is 0 Å². The quantitative estimate of drug-likeness (QED) is 0.819. The fourth-order valence-electron chi connectivity index (χ4n) is 1.86. The van der Waals surface area contributed by atoms with Crippen molar-refractivity contribution in [3.8, 4) is 5.75 Å². The lowest BCUT2D eigenvalue weighted by molar-refractivity contribution is 0.201. The molecule has 0 radical (unpaired) electrons. The van der Waals surface area contributed by atoms with Crippen molar-refractivity contribution in [2.24, 2.45) is 0 Å². The smallest absolute Gasteiger partial charge is 0.243 e. The number of aliphatic hydroxyl groups excluding tert-OH is 1. The molecule has 1 aliphatic rings. The van der Waals surface area contributed by atoms with E-state index in [1.807, 2.05) is 12.2 Å². The fraction of sp³-hybridized carbons (Fsp3) is 0.385. The van der Waals surface area contributed by atoms with Gasteiger partial charge in [0.1, 0.15) is 12.4 Å². The highest BCUT2D eigenvalue weighted by Gasteiger charge is 2.24. The third-order valence-corrected chi connectivity index (χ3v) is 4.72. The van der Waals surface area contributed by atoms with Gasteiger partial charge in [-0.25, -0.2) is 8.42 Å². The number of rotatable bonds is 5. The molecule has 104 valence electrons. The summed E-state index contributed by atoms with van der Waals surface area (Å²) in [6, 6.07) is 6.26. The molecule has 0 unspecified atom stereocenters. The van der Waals surface area contributed by atoms with E-state index in [4.69, 9.17) is 9.84 Å². The molecule has 0 saturated carbocycles. The summed E-state index contributed by atoms with van der Waals surface area (Å²) in [6.45, 7) is 1.07. The molecule has 0 spiro atoms. The minimum Gasteiger partial charge on any atom is -0.491 e. The van der Waals surface area contributed by atoms with Gasteiger partial charge in [0.15, 0.2) is 0 Å². The Hall–Kier alpha value is -1.37. The van der Waals surface area contributed by atoms with Crippen molar-refractivity contribution in [2.75, 3.05) is 26.3 Å². The van der Waals surface area contributed by atoms with Crippen LogP contribution < -0.4 is 4.74 Å². The summed E-state index contributed by atoms with van der Waals surface area (Å²) >= 11 is 0. The van der Waals surface area contributed by atoms with E-state index < -0.39 is 10.0 Å². The van der Waals surface area contributed by atoms with Gasteiger partial charge in [0.25, 0.3) is 0 Å². The van der Waals surface area contributed by atoms with E-state index in [1.54, 1.807) is 12.1 Å². The first kappa shape index (κ1) is 14.0. The van der Waals surface area contributed by atoms with E-state index in [2.05, 4.69) is 0 Å². The molecule has 0 bridgehead atoms. The minimum atomic E-state index is -3.42. The molecule has 1 aromatic rings. The number of sulfonamides is 1. The minimum absolute atomic E-state index is 0.0693. The largest absolute Gasteiger partial charge is 0.491 e. The molecule has 2 rings (SSSR count). The van der Waals surface area contributed by atoms with E-state index in [-0.39, 0.29) is 18.1 Å². The van der Waals surface area contributed by atoms with Crippen molar-refractivity contribution in [3.63, 3.8) is 0 Å². The Labute approximate surface area is 113 Å². The highest BCUT2D eigenvalue weighted by atomic mass is 32.2. The number of benzene rings is 1. The molecule has 5 nitrogen and oxygen atoms in total. The molecule has 0 saturated heterocycles. The highest BCUT2D eigenvalue weighted by Crippen LogP contribution is 2.21. The van der Waals surface area contributed by atoms with Gasteiger partial charge >= 0.3 is 0 Å². The summed E-state index contributed by atoms with van der Waals surface area (Å²) in [5.41, 5.74) is 0. The Kier molecular flexibility index (Phi) is 4.57. The molecule has 0 aromatic heterocycles. The first-order chi connectivity index (χ1) is 9.14. The van der Waals surface area contributed by atoms with Crippen LogP contribution in [0.1, 0.15) is 6.42 Å². The molecule has 1 aliphatic heterocycles. The van der Waals surface area contributed by atoms with Gasteiger partial charge in [-0.1, -0.05) is 12.2 Å². The van der Waals surface area contributed by atoms with Gasteiger partial charge in [-0.05, 0) is 30.7 Å². The third-order valence-electron chi connectivity index (χ3n) is 2.84. The summed E-state index contributed by atoms with van der Waals surface area (Å²) in [5.74, 6) is 0.548. The number of hydrogen-bond acceptors (Lipinski definition) is 4. The second kappa shape index (κ2) is 6.18. The zero-order valence-corrected chi connectivity index (χ0v) is 11.3. The van der Waals surface area contributed by atoms with Crippen LogP contribution in [0.5, 0.6) is 5.75 Å². The Morgan fingerprint density at radius 3 is 2.53 bits per heavy atom. The first-order valence-electron chi connectivity index (χ1n) is 6.13. The zero-order valence-electron chi connectivity index (χ0n) is 10.5. The Bertz CT molecular complexity index is 536. The molecule has 6 heteroatoms. The van der Waals surface area contributed by atoms with Crippen LogP contribution in [0.2, 0.25) is 0 Å². The molecule has 0 atom stereocenters. The topological polar surface area (TPSA) is 66.8 Å². The van der Waals surface area contributed by atoms with Gasteiger partial charge in [0.2, 0.25) is 10.0 Å². The molecule has 0 aliphatic carbocycles. The number of aliphatic hydroxyl groups is 1. The van der Waals surface area contributed by atoms with Gasteiger partial charge < -0.3 is 9.84 Å². The van der Waals surface area contributed by atoms with Crippen molar-refractivity contribution < 1.29 is 18.3 Å². The SMILES string of the molecule is O=S(=O)(c1ccc(OCCO)cc1)N1CC=CCC1. The van der Waals surface area contributed by atoms with E-state index in [9.17, 15) is 8.42 Å². The Morgan fingerprint density at radius 2 is 1.95 bits per heavy atom. The molecular formula is C13H17NO4S. The molecule has 1 aromatic carbocycles. The third kappa shape index (κ3) is 3.34. The average molecular weight is 283 g/mol. The van der Waals surface area contributed by atoms with Gasteiger partial charge in [0, 0.05) is 13.1 Å². The number of hydrogen-bond donors (Lipinski definition) is 1. The summed E-state index contributed by atoms with van der Waals surface area (Å²) in [5, 5.41) is 8.65. The normalized spacial score (nSPS) is 16.5. The molecule has 1 heterocycles. The summed E-state index contributed by atoms with van der Waals surface area (Å²) in [4.78, 5) is 0.263. The van der Waals surface area contributed by atoms with Crippen LogP contribution >= 0.6 is 0 Å². The number of nitrogens with zero attached hydrogens (tertiary/aromatic N) is 1. The van der Waals surface area contributed by atoms with E-state index in [0.717, 1.165) is 6.42 Å². The van der Waals surface area contributed by atoms with Crippen LogP contribution in [0.15, 0.2) is 41.3 Å². The van der Waals surface area contributed by atoms with Gasteiger partial charge in [0.05, 0.1) is 11.5 Å². The second-order valence-corrected chi connectivity index (χ2v) is 6.10. The van der Waals surface area contributed by atoms with Crippen molar-refractivity contribution in [3.05, 3.63) is 36.4 Å². The van der Waals surface area contributed by atoms with Gasteiger partial charge in [-0.15, -0.1) is 0 Å². The van der Waals surface area contributed by atoms with Crippen LogP contribution in [-0.4, -0.2) is 44.1 Å². The lowest BCUT2D eigenvalue weighted by Gasteiger charge is -2.22. The highest BCUT2D eigenvalue weighted by molar-refractivity contribution is 7.89.